The number of esters is 2. The van der Waals surface area contributed by atoms with Crippen LogP contribution in [0.15, 0.2) is 48.6 Å². The van der Waals surface area contributed by atoms with E-state index >= 15 is 0 Å². The molecule has 0 aliphatic carbocycles. The summed E-state index contributed by atoms with van der Waals surface area (Å²) in [4.78, 5) is 35.1. The highest BCUT2D eigenvalue weighted by Gasteiger charge is 2.26. The summed E-state index contributed by atoms with van der Waals surface area (Å²) in [7, 11) is -4.39. The fourth-order valence-electron chi connectivity index (χ4n) is 8.10. The lowest BCUT2D eigenvalue weighted by atomic mass is 10.0. The van der Waals surface area contributed by atoms with E-state index in [0.29, 0.717) is 6.42 Å². The molecule has 0 fully saturated rings. The van der Waals surface area contributed by atoms with Crippen molar-refractivity contribution < 1.29 is 37.6 Å². The molecule has 0 heterocycles. The molecule has 3 N–H and O–H groups in total. The number of phosphoric ester groups is 1. The van der Waals surface area contributed by atoms with Crippen molar-refractivity contribution in [3.05, 3.63) is 48.6 Å². The zero-order valence-corrected chi connectivity index (χ0v) is 44.5. The van der Waals surface area contributed by atoms with Crippen molar-refractivity contribution in [2.24, 2.45) is 5.73 Å². The number of rotatable bonds is 53. The molecule has 67 heavy (non-hydrogen) atoms. The van der Waals surface area contributed by atoms with E-state index < -0.39 is 26.5 Å². The van der Waals surface area contributed by atoms with E-state index in [2.05, 4.69) is 62.5 Å². The van der Waals surface area contributed by atoms with Gasteiger partial charge in [-0.25, -0.2) is 4.57 Å². The van der Waals surface area contributed by atoms with Crippen molar-refractivity contribution in [3.8, 4) is 0 Å². The van der Waals surface area contributed by atoms with E-state index in [4.69, 9.17) is 24.3 Å². The minimum atomic E-state index is -4.39. The number of carbonyl (C=O) groups is 2. The molecular formula is C57H106NO8P. The van der Waals surface area contributed by atoms with Gasteiger partial charge in [-0.15, -0.1) is 0 Å². The molecule has 392 valence electrons. The zero-order chi connectivity index (χ0) is 48.8. The molecule has 0 bridgehead atoms. The largest absolute Gasteiger partial charge is 0.472 e. The number of hydrogen-bond donors (Lipinski definition) is 2. The van der Waals surface area contributed by atoms with Crippen LogP contribution >= 0.6 is 7.82 Å². The van der Waals surface area contributed by atoms with Crippen LogP contribution in [0.1, 0.15) is 271 Å². The fourth-order valence-corrected chi connectivity index (χ4v) is 8.87. The highest BCUT2D eigenvalue weighted by molar-refractivity contribution is 7.47. The van der Waals surface area contributed by atoms with E-state index in [1.807, 2.05) is 0 Å². The van der Waals surface area contributed by atoms with Crippen LogP contribution in [0.25, 0.3) is 0 Å². The molecule has 0 saturated carbocycles. The van der Waals surface area contributed by atoms with Gasteiger partial charge in [-0.3, -0.25) is 18.6 Å². The Bertz CT molecular complexity index is 1240. The molecule has 10 heteroatoms. The lowest BCUT2D eigenvalue weighted by molar-refractivity contribution is -0.161. The number of nitrogens with two attached hydrogens (primary N) is 1. The molecule has 0 aromatic heterocycles. The van der Waals surface area contributed by atoms with Crippen molar-refractivity contribution in [1.82, 2.24) is 0 Å². The number of hydrogen-bond acceptors (Lipinski definition) is 8. The van der Waals surface area contributed by atoms with Crippen LogP contribution in [0.3, 0.4) is 0 Å². The maximum atomic E-state index is 12.6. The molecule has 0 aliphatic heterocycles. The quantitative estimate of drug-likeness (QED) is 0.0264. The molecule has 2 atom stereocenters. The molecule has 0 amide bonds. The van der Waals surface area contributed by atoms with Crippen molar-refractivity contribution in [2.75, 3.05) is 26.4 Å². The SMILES string of the molecule is CC/C=C\C/C=C\C/C=C\C/C=C\CCCCCCC(=O)OC(COC(=O)CCCCCCCCCCCCCCCCCCCCCCCCCCCCCCC)COP(=O)(O)OCCN. The average Bonchev–Trinajstić information content (AvgIpc) is 3.32. The summed E-state index contributed by atoms with van der Waals surface area (Å²) in [6.07, 6.45) is 64.7. The van der Waals surface area contributed by atoms with Gasteiger partial charge in [0.2, 0.25) is 0 Å². The van der Waals surface area contributed by atoms with Gasteiger partial charge in [-0.1, -0.05) is 255 Å². The second kappa shape index (κ2) is 53.3. The van der Waals surface area contributed by atoms with Crippen LogP contribution in [0.2, 0.25) is 0 Å². The Morgan fingerprint density at radius 2 is 0.821 bits per heavy atom. The third kappa shape index (κ3) is 53.2. The van der Waals surface area contributed by atoms with Crippen LogP contribution < -0.4 is 5.73 Å². The normalized spacial score (nSPS) is 13.4. The van der Waals surface area contributed by atoms with Gasteiger partial charge in [-0.2, -0.15) is 0 Å². The van der Waals surface area contributed by atoms with Gasteiger partial charge in [0, 0.05) is 19.4 Å². The molecule has 0 rings (SSSR count). The predicted octanol–water partition coefficient (Wildman–Crippen LogP) is 17.4. The Hall–Kier alpha value is -2.03. The Kier molecular flexibility index (Phi) is 51.7. The predicted molar refractivity (Wildman–Crippen MR) is 284 cm³/mol. The molecule has 0 saturated heterocycles. The molecule has 0 aromatic rings. The van der Waals surface area contributed by atoms with Crippen LogP contribution in [-0.2, 0) is 32.7 Å². The maximum Gasteiger partial charge on any atom is 0.472 e. The first-order valence-corrected chi connectivity index (χ1v) is 29.6. The minimum Gasteiger partial charge on any atom is -0.462 e. The molecule has 2 unspecified atom stereocenters. The summed E-state index contributed by atoms with van der Waals surface area (Å²) in [5.41, 5.74) is 5.37. The van der Waals surface area contributed by atoms with E-state index in [0.717, 1.165) is 70.6 Å². The summed E-state index contributed by atoms with van der Waals surface area (Å²) in [5, 5.41) is 0. The third-order valence-electron chi connectivity index (χ3n) is 12.2. The van der Waals surface area contributed by atoms with Crippen LogP contribution in [0, 0.1) is 0 Å². The number of unbranched alkanes of at least 4 members (excludes halogenated alkanes) is 32. The molecule has 9 nitrogen and oxygen atoms in total. The second-order valence-corrected chi connectivity index (χ2v) is 20.2. The Labute approximate surface area is 413 Å². The van der Waals surface area contributed by atoms with Gasteiger partial charge >= 0.3 is 19.8 Å². The van der Waals surface area contributed by atoms with Crippen molar-refractivity contribution in [2.45, 2.75) is 277 Å². The standard InChI is InChI=1S/C57H106NO8P/c1-3-5-7-9-11-13-15-17-19-21-22-23-24-25-26-27-28-29-30-31-32-34-35-37-39-41-43-45-47-49-56(59)63-53-55(54-65-67(61,62)64-52-51-58)66-57(60)50-48-46-44-42-40-38-36-33-20-18-16-14-12-10-8-6-4-2/h6,8,12,14,18,20,36,38,55H,3-5,7,9-11,13,15-17,19,21-35,37,39-54,58H2,1-2H3,(H,61,62)/b8-6-,14-12-,20-18-,38-36-. The van der Waals surface area contributed by atoms with E-state index in [9.17, 15) is 19.0 Å². The summed E-state index contributed by atoms with van der Waals surface area (Å²) in [6.45, 7) is 3.63. The van der Waals surface area contributed by atoms with Crippen molar-refractivity contribution in [1.29, 1.82) is 0 Å². The topological polar surface area (TPSA) is 134 Å². The van der Waals surface area contributed by atoms with Crippen LogP contribution in [0.5, 0.6) is 0 Å². The van der Waals surface area contributed by atoms with Crippen LogP contribution in [0.4, 0.5) is 0 Å². The highest BCUT2D eigenvalue weighted by Crippen LogP contribution is 2.43. The number of phosphoric acid groups is 1. The third-order valence-corrected chi connectivity index (χ3v) is 13.2. The van der Waals surface area contributed by atoms with Gasteiger partial charge in [0.25, 0.3) is 0 Å². The first-order valence-electron chi connectivity index (χ1n) is 28.1. The van der Waals surface area contributed by atoms with Gasteiger partial charge < -0.3 is 20.1 Å². The van der Waals surface area contributed by atoms with Gasteiger partial charge in [0.15, 0.2) is 6.10 Å². The monoisotopic (exact) mass is 964 g/mol. The summed E-state index contributed by atoms with van der Waals surface area (Å²) in [5.74, 6) is -0.846. The molecular weight excluding hydrogens is 858 g/mol. The van der Waals surface area contributed by atoms with Gasteiger partial charge in [0.05, 0.1) is 13.2 Å². The van der Waals surface area contributed by atoms with Crippen molar-refractivity contribution in [3.63, 3.8) is 0 Å². The summed E-state index contributed by atoms with van der Waals surface area (Å²) < 4.78 is 32.9. The maximum absolute atomic E-state index is 12.6. The smallest absolute Gasteiger partial charge is 0.462 e. The Balaban J connectivity index is 3.91. The first-order chi connectivity index (χ1) is 32.8. The van der Waals surface area contributed by atoms with Crippen molar-refractivity contribution >= 4 is 19.8 Å². The Morgan fingerprint density at radius 1 is 0.463 bits per heavy atom. The zero-order valence-electron chi connectivity index (χ0n) is 43.6. The second-order valence-electron chi connectivity index (χ2n) is 18.8. The first kappa shape index (κ1) is 65.0. The minimum absolute atomic E-state index is 0.0487. The van der Waals surface area contributed by atoms with Gasteiger partial charge in [0.1, 0.15) is 6.61 Å². The molecule has 0 aromatic carbocycles. The fraction of sp³-hybridized carbons (Fsp3) is 0.825. The molecule has 0 spiro atoms. The number of allylic oxidation sites excluding steroid dienone is 8. The summed E-state index contributed by atoms with van der Waals surface area (Å²) >= 11 is 0. The van der Waals surface area contributed by atoms with Crippen LogP contribution in [-0.4, -0.2) is 49.3 Å². The van der Waals surface area contributed by atoms with E-state index in [-0.39, 0.29) is 38.6 Å². The highest BCUT2D eigenvalue weighted by atomic mass is 31.2. The average molecular weight is 964 g/mol. The van der Waals surface area contributed by atoms with E-state index in [1.54, 1.807) is 0 Å². The Morgan fingerprint density at radius 3 is 1.22 bits per heavy atom. The number of ether oxygens (including phenoxy) is 2. The molecule has 0 aliphatic rings. The lowest BCUT2D eigenvalue weighted by Crippen LogP contribution is -2.29. The molecule has 0 radical (unpaired) electrons. The van der Waals surface area contributed by atoms with E-state index in [1.165, 1.54) is 167 Å². The van der Waals surface area contributed by atoms with Gasteiger partial charge in [-0.05, 0) is 51.4 Å². The number of carbonyl (C=O) groups excluding carboxylic acids is 2. The summed E-state index contributed by atoms with van der Waals surface area (Å²) in [6, 6.07) is 0. The lowest BCUT2D eigenvalue weighted by Gasteiger charge is -2.19.